The number of carbonyl (C=O) groups excluding carboxylic acids is 2. The van der Waals surface area contributed by atoms with Crippen molar-refractivity contribution in [3.8, 4) is 0 Å². The number of carbonyl (C=O) groups is 2. The predicted octanol–water partition coefficient (Wildman–Crippen LogP) is -0.312. The van der Waals surface area contributed by atoms with Crippen LogP contribution in [0.2, 0.25) is 0 Å². The summed E-state index contributed by atoms with van der Waals surface area (Å²) < 4.78 is 0. The smallest absolute Gasteiger partial charge is 0.321 e. The first-order valence-electron chi connectivity index (χ1n) is 8.36. The van der Waals surface area contributed by atoms with E-state index in [4.69, 9.17) is 0 Å². The quantitative estimate of drug-likeness (QED) is 0.714. The number of imide groups is 1. The van der Waals surface area contributed by atoms with Gasteiger partial charge in [0.2, 0.25) is 0 Å². The van der Waals surface area contributed by atoms with Gasteiger partial charge in [0.1, 0.15) is 0 Å². The number of quaternary nitrogens is 1. The second-order valence-electron chi connectivity index (χ2n) is 6.50. The summed E-state index contributed by atoms with van der Waals surface area (Å²) in [5.74, 6) is -0.192. The Hall–Kier alpha value is -2.08. The van der Waals surface area contributed by atoms with E-state index in [2.05, 4.69) is 46.7 Å². The molecule has 0 aromatic heterocycles. The van der Waals surface area contributed by atoms with Crippen molar-refractivity contribution in [3.63, 3.8) is 0 Å². The fourth-order valence-electron chi connectivity index (χ4n) is 3.01. The number of benzene rings is 1. The molecule has 6 heteroatoms. The SMILES string of the molecule is Cc1ccccc1N1CC[NH+](CC(=O)NC(=O)NC2CC2)CC1. The molecule has 0 unspecified atom stereocenters. The molecule has 2 aliphatic rings. The Morgan fingerprint density at radius 1 is 1.22 bits per heavy atom. The Balaban J connectivity index is 1.42. The van der Waals surface area contributed by atoms with Crippen molar-refractivity contribution in [2.45, 2.75) is 25.8 Å². The van der Waals surface area contributed by atoms with Gasteiger partial charge in [-0.25, -0.2) is 4.79 Å². The summed E-state index contributed by atoms with van der Waals surface area (Å²) in [5.41, 5.74) is 2.56. The van der Waals surface area contributed by atoms with E-state index >= 15 is 0 Å². The normalized spacial score (nSPS) is 18.6. The fourth-order valence-corrected chi connectivity index (χ4v) is 3.01. The number of piperazine rings is 1. The monoisotopic (exact) mass is 317 g/mol. The molecule has 0 bridgehead atoms. The van der Waals surface area contributed by atoms with Crippen LogP contribution in [0.1, 0.15) is 18.4 Å². The van der Waals surface area contributed by atoms with E-state index in [0.717, 1.165) is 39.0 Å². The molecule has 3 N–H and O–H groups in total. The summed E-state index contributed by atoms with van der Waals surface area (Å²) in [7, 11) is 0. The van der Waals surface area contributed by atoms with Crippen LogP contribution in [0.25, 0.3) is 0 Å². The molecule has 0 spiro atoms. The number of nitrogens with zero attached hydrogens (tertiary/aromatic N) is 1. The van der Waals surface area contributed by atoms with Gasteiger partial charge in [0.05, 0.1) is 26.2 Å². The molecule has 2 fully saturated rings. The Labute approximate surface area is 136 Å². The first-order chi connectivity index (χ1) is 11.1. The Morgan fingerprint density at radius 3 is 2.57 bits per heavy atom. The zero-order chi connectivity index (χ0) is 16.2. The lowest BCUT2D eigenvalue weighted by Gasteiger charge is -2.34. The van der Waals surface area contributed by atoms with E-state index in [1.807, 2.05) is 0 Å². The average Bonchev–Trinajstić information content (AvgIpc) is 3.32. The molecule has 3 amide bonds. The number of urea groups is 1. The highest BCUT2D eigenvalue weighted by Crippen LogP contribution is 2.19. The Morgan fingerprint density at radius 2 is 1.91 bits per heavy atom. The zero-order valence-electron chi connectivity index (χ0n) is 13.6. The number of aryl methyl sites for hydroxylation is 1. The van der Waals surface area contributed by atoms with Gasteiger partial charge in [-0.2, -0.15) is 0 Å². The molecule has 0 radical (unpaired) electrons. The van der Waals surface area contributed by atoms with Crippen molar-refractivity contribution < 1.29 is 14.5 Å². The van der Waals surface area contributed by atoms with Crippen molar-refractivity contribution in [1.29, 1.82) is 0 Å². The molecule has 1 heterocycles. The highest BCUT2D eigenvalue weighted by molar-refractivity contribution is 5.94. The number of hydrogen-bond donors (Lipinski definition) is 3. The maximum atomic E-state index is 11.9. The van der Waals surface area contributed by atoms with E-state index in [1.165, 1.54) is 16.2 Å². The second-order valence-corrected chi connectivity index (χ2v) is 6.50. The molecule has 3 rings (SSSR count). The number of amides is 3. The van der Waals surface area contributed by atoms with Crippen LogP contribution in [0, 0.1) is 6.92 Å². The van der Waals surface area contributed by atoms with Crippen molar-refractivity contribution >= 4 is 17.6 Å². The minimum Gasteiger partial charge on any atom is -0.360 e. The number of anilines is 1. The summed E-state index contributed by atoms with van der Waals surface area (Å²) in [6, 6.07) is 8.31. The summed E-state index contributed by atoms with van der Waals surface area (Å²) in [4.78, 5) is 27.1. The first-order valence-corrected chi connectivity index (χ1v) is 8.36. The van der Waals surface area contributed by atoms with E-state index in [-0.39, 0.29) is 18.0 Å². The van der Waals surface area contributed by atoms with Crippen molar-refractivity contribution in [2.75, 3.05) is 37.6 Å². The lowest BCUT2D eigenvalue weighted by molar-refractivity contribution is -0.892. The third kappa shape index (κ3) is 4.45. The Kier molecular flexibility index (Phi) is 4.81. The minimum atomic E-state index is -0.351. The van der Waals surface area contributed by atoms with Crippen LogP contribution >= 0.6 is 0 Å². The summed E-state index contributed by atoms with van der Waals surface area (Å²) in [5, 5.41) is 5.20. The topological polar surface area (TPSA) is 65.9 Å². The standard InChI is InChI=1S/C17H24N4O2/c1-13-4-2-3-5-15(13)21-10-8-20(9-11-21)12-16(22)19-17(23)18-14-6-7-14/h2-5,14H,6-12H2,1H3,(H2,18,19,22,23)/p+1. The number of nitrogens with one attached hydrogen (secondary N) is 3. The molecule has 23 heavy (non-hydrogen) atoms. The highest BCUT2D eigenvalue weighted by atomic mass is 16.2. The maximum Gasteiger partial charge on any atom is 0.321 e. The highest BCUT2D eigenvalue weighted by Gasteiger charge is 2.26. The molecule has 1 aliphatic carbocycles. The van der Waals surface area contributed by atoms with E-state index in [9.17, 15) is 9.59 Å². The van der Waals surface area contributed by atoms with Gasteiger partial charge in [0.15, 0.2) is 6.54 Å². The van der Waals surface area contributed by atoms with Crippen LogP contribution in [0.3, 0.4) is 0 Å². The van der Waals surface area contributed by atoms with Crippen molar-refractivity contribution in [1.82, 2.24) is 10.6 Å². The summed E-state index contributed by atoms with van der Waals surface area (Å²) >= 11 is 0. The zero-order valence-corrected chi connectivity index (χ0v) is 13.6. The van der Waals surface area contributed by atoms with Crippen molar-refractivity contribution in [2.24, 2.45) is 0 Å². The van der Waals surface area contributed by atoms with Gasteiger partial charge >= 0.3 is 6.03 Å². The van der Waals surface area contributed by atoms with Gasteiger partial charge < -0.3 is 15.1 Å². The Bertz CT molecular complexity index is 578. The van der Waals surface area contributed by atoms with Gasteiger partial charge in [-0.3, -0.25) is 10.1 Å². The maximum absolute atomic E-state index is 11.9. The molecule has 1 aromatic rings. The number of para-hydroxylation sites is 1. The third-order valence-electron chi connectivity index (χ3n) is 4.50. The van der Waals surface area contributed by atoms with E-state index < -0.39 is 0 Å². The second kappa shape index (κ2) is 7.00. The van der Waals surface area contributed by atoms with Crippen LogP contribution in [0.15, 0.2) is 24.3 Å². The van der Waals surface area contributed by atoms with Gasteiger partial charge in [0.25, 0.3) is 5.91 Å². The lowest BCUT2D eigenvalue weighted by Crippen LogP contribution is -3.16. The van der Waals surface area contributed by atoms with Gasteiger partial charge in [-0.15, -0.1) is 0 Å². The molecule has 0 atom stereocenters. The molecule has 1 aliphatic heterocycles. The molecular weight excluding hydrogens is 292 g/mol. The molecule has 6 nitrogen and oxygen atoms in total. The fraction of sp³-hybridized carbons (Fsp3) is 0.529. The molecule has 124 valence electrons. The van der Waals surface area contributed by atoms with Crippen LogP contribution in [-0.4, -0.2) is 50.7 Å². The minimum absolute atomic E-state index is 0.192. The van der Waals surface area contributed by atoms with Crippen LogP contribution in [0.5, 0.6) is 0 Å². The molecule has 1 saturated carbocycles. The molecular formula is C17H25N4O2+. The predicted molar refractivity (Wildman–Crippen MR) is 88.7 cm³/mol. The number of rotatable bonds is 4. The average molecular weight is 317 g/mol. The van der Waals surface area contributed by atoms with Gasteiger partial charge in [-0.1, -0.05) is 18.2 Å². The van der Waals surface area contributed by atoms with Crippen LogP contribution in [0.4, 0.5) is 10.5 Å². The van der Waals surface area contributed by atoms with Gasteiger partial charge in [0, 0.05) is 11.7 Å². The first kappa shape index (κ1) is 15.8. The largest absolute Gasteiger partial charge is 0.360 e. The van der Waals surface area contributed by atoms with E-state index in [1.54, 1.807) is 0 Å². The van der Waals surface area contributed by atoms with Crippen LogP contribution < -0.4 is 20.4 Å². The summed E-state index contributed by atoms with van der Waals surface area (Å²) in [6.45, 7) is 6.17. The molecule has 1 aromatic carbocycles. The third-order valence-corrected chi connectivity index (χ3v) is 4.50. The van der Waals surface area contributed by atoms with Crippen LogP contribution in [-0.2, 0) is 4.79 Å². The summed E-state index contributed by atoms with van der Waals surface area (Å²) in [6.07, 6.45) is 2.04. The molecule has 1 saturated heterocycles. The van der Waals surface area contributed by atoms with Gasteiger partial charge in [-0.05, 0) is 31.4 Å². The van der Waals surface area contributed by atoms with Crippen molar-refractivity contribution in [3.05, 3.63) is 29.8 Å². The number of hydrogen-bond acceptors (Lipinski definition) is 3. The lowest BCUT2D eigenvalue weighted by atomic mass is 10.1. The van der Waals surface area contributed by atoms with E-state index in [0.29, 0.717) is 6.54 Å².